The van der Waals surface area contributed by atoms with E-state index in [1.165, 1.54) is 11.3 Å². The first kappa shape index (κ1) is 24.6. The molecule has 3 unspecified atom stereocenters. The van der Waals surface area contributed by atoms with Gasteiger partial charge in [-0.1, -0.05) is 44.2 Å². The molecule has 3 atom stereocenters. The third-order valence-electron chi connectivity index (χ3n) is 6.77. The molecule has 0 aliphatic carbocycles. The second-order valence-corrected chi connectivity index (χ2v) is 10.6. The quantitative estimate of drug-likeness (QED) is 0.573. The fourth-order valence-electron chi connectivity index (χ4n) is 4.75. The number of rotatable bonds is 9. The van der Waals surface area contributed by atoms with Crippen LogP contribution < -0.4 is 10.6 Å². The fraction of sp³-hybridized carbons (Fsp3) is 0.500. The van der Waals surface area contributed by atoms with Crippen molar-refractivity contribution < 1.29 is 19.1 Å². The Morgan fingerprint density at radius 3 is 2.59 bits per heavy atom. The SMILES string of the molecule is CC(C)(CC(NC(=O)c1ccsc1)C(=O)NC1C(=O)COC1CN1CCCC1)c1ccccc1. The molecule has 1 aromatic heterocycles. The molecule has 2 aliphatic heterocycles. The van der Waals surface area contributed by atoms with E-state index in [1.807, 2.05) is 35.7 Å². The maximum absolute atomic E-state index is 13.5. The van der Waals surface area contributed by atoms with Crippen LogP contribution in [0.2, 0.25) is 0 Å². The fourth-order valence-corrected chi connectivity index (χ4v) is 5.39. The van der Waals surface area contributed by atoms with Crippen molar-refractivity contribution >= 4 is 28.9 Å². The summed E-state index contributed by atoms with van der Waals surface area (Å²) in [6.45, 7) is 6.71. The van der Waals surface area contributed by atoms with Gasteiger partial charge in [-0.05, 0) is 54.8 Å². The smallest absolute Gasteiger partial charge is 0.252 e. The molecule has 0 spiro atoms. The van der Waals surface area contributed by atoms with Gasteiger partial charge >= 0.3 is 0 Å². The lowest BCUT2D eigenvalue weighted by Gasteiger charge is -2.31. The van der Waals surface area contributed by atoms with Crippen LogP contribution in [0.15, 0.2) is 47.2 Å². The van der Waals surface area contributed by atoms with Crippen LogP contribution in [0.4, 0.5) is 0 Å². The van der Waals surface area contributed by atoms with Crippen LogP contribution >= 0.6 is 11.3 Å². The number of nitrogens with one attached hydrogen (secondary N) is 2. The predicted molar refractivity (Wildman–Crippen MR) is 132 cm³/mol. The van der Waals surface area contributed by atoms with Crippen molar-refractivity contribution in [2.75, 3.05) is 26.2 Å². The highest BCUT2D eigenvalue weighted by molar-refractivity contribution is 7.08. The summed E-state index contributed by atoms with van der Waals surface area (Å²) in [4.78, 5) is 41.2. The van der Waals surface area contributed by atoms with Crippen LogP contribution in [-0.4, -0.2) is 66.9 Å². The number of ether oxygens (including phenoxy) is 1. The minimum Gasteiger partial charge on any atom is -0.366 e. The number of thiophene rings is 1. The van der Waals surface area contributed by atoms with Gasteiger partial charge in [-0.25, -0.2) is 0 Å². The van der Waals surface area contributed by atoms with Gasteiger partial charge in [-0.2, -0.15) is 11.3 Å². The molecule has 0 saturated carbocycles. The van der Waals surface area contributed by atoms with Gasteiger partial charge in [0, 0.05) is 11.9 Å². The second-order valence-electron chi connectivity index (χ2n) is 9.80. The summed E-state index contributed by atoms with van der Waals surface area (Å²) in [5.74, 6) is -0.779. The van der Waals surface area contributed by atoms with Crippen LogP contribution in [0.1, 0.15) is 49.0 Å². The van der Waals surface area contributed by atoms with E-state index in [9.17, 15) is 14.4 Å². The number of carbonyl (C=O) groups excluding carboxylic acids is 3. The largest absolute Gasteiger partial charge is 0.366 e. The highest BCUT2D eigenvalue weighted by Crippen LogP contribution is 2.29. The number of ketones is 1. The van der Waals surface area contributed by atoms with Crippen molar-refractivity contribution in [3.63, 3.8) is 0 Å². The lowest BCUT2D eigenvalue weighted by molar-refractivity contribution is -0.128. The predicted octanol–water partition coefficient (Wildman–Crippen LogP) is 2.76. The first-order valence-corrected chi connectivity index (χ1v) is 12.8. The summed E-state index contributed by atoms with van der Waals surface area (Å²) in [6, 6.07) is 10.2. The van der Waals surface area contributed by atoms with E-state index in [1.54, 1.807) is 11.4 Å². The normalized spacial score (nSPS) is 22.0. The van der Waals surface area contributed by atoms with Crippen molar-refractivity contribution in [2.24, 2.45) is 0 Å². The number of hydrogen-bond donors (Lipinski definition) is 2. The summed E-state index contributed by atoms with van der Waals surface area (Å²) in [6.07, 6.45) is 2.30. The van der Waals surface area contributed by atoms with Crippen molar-refractivity contribution in [3.8, 4) is 0 Å². The first-order chi connectivity index (χ1) is 16.3. The molecule has 2 fully saturated rings. The molecular formula is C26H33N3O4S. The number of nitrogens with zero attached hydrogens (tertiary/aromatic N) is 1. The van der Waals surface area contributed by atoms with Crippen LogP contribution in [0.25, 0.3) is 0 Å². The van der Waals surface area contributed by atoms with E-state index in [0.717, 1.165) is 31.5 Å². The zero-order valence-electron chi connectivity index (χ0n) is 19.8. The number of Topliss-reactive ketones (excluding diaryl/α,β-unsaturated/α-hetero) is 1. The van der Waals surface area contributed by atoms with Crippen molar-refractivity contribution in [1.82, 2.24) is 15.5 Å². The van der Waals surface area contributed by atoms with E-state index >= 15 is 0 Å². The Bertz CT molecular complexity index is 987. The van der Waals surface area contributed by atoms with Gasteiger partial charge in [0.05, 0.1) is 11.7 Å². The minimum atomic E-state index is -0.802. The average molecular weight is 484 g/mol. The highest BCUT2D eigenvalue weighted by Gasteiger charge is 2.40. The van der Waals surface area contributed by atoms with Gasteiger partial charge in [-0.3, -0.25) is 14.4 Å². The molecular weight excluding hydrogens is 450 g/mol. The molecule has 34 heavy (non-hydrogen) atoms. The molecule has 7 nitrogen and oxygen atoms in total. The molecule has 0 bridgehead atoms. The second kappa shape index (κ2) is 10.8. The summed E-state index contributed by atoms with van der Waals surface area (Å²) in [7, 11) is 0. The Morgan fingerprint density at radius 1 is 1.18 bits per heavy atom. The average Bonchev–Trinajstić information content (AvgIpc) is 3.59. The summed E-state index contributed by atoms with van der Waals surface area (Å²) in [5.41, 5.74) is 1.22. The van der Waals surface area contributed by atoms with Crippen molar-refractivity contribution in [1.29, 1.82) is 0 Å². The summed E-state index contributed by atoms with van der Waals surface area (Å²) >= 11 is 1.43. The van der Waals surface area contributed by atoms with Crippen LogP contribution in [0.3, 0.4) is 0 Å². The van der Waals surface area contributed by atoms with Gasteiger partial charge in [0.1, 0.15) is 18.7 Å². The number of likely N-dealkylation sites (tertiary alicyclic amines) is 1. The Morgan fingerprint density at radius 2 is 1.91 bits per heavy atom. The number of amides is 2. The highest BCUT2D eigenvalue weighted by atomic mass is 32.1. The van der Waals surface area contributed by atoms with Gasteiger partial charge in [0.15, 0.2) is 5.78 Å². The van der Waals surface area contributed by atoms with E-state index in [-0.39, 0.29) is 35.7 Å². The van der Waals surface area contributed by atoms with E-state index < -0.39 is 12.1 Å². The molecule has 2 saturated heterocycles. The summed E-state index contributed by atoms with van der Waals surface area (Å²) in [5, 5.41) is 9.43. The molecule has 3 heterocycles. The van der Waals surface area contributed by atoms with E-state index in [0.29, 0.717) is 18.5 Å². The van der Waals surface area contributed by atoms with Crippen LogP contribution in [0, 0.1) is 0 Å². The lowest BCUT2D eigenvalue weighted by Crippen LogP contribution is -2.55. The van der Waals surface area contributed by atoms with Crippen molar-refractivity contribution in [3.05, 3.63) is 58.3 Å². The Hall–Kier alpha value is -2.55. The molecule has 1 aromatic carbocycles. The molecule has 8 heteroatoms. The maximum atomic E-state index is 13.5. The molecule has 182 valence electrons. The topological polar surface area (TPSA) is 87.7 Å². The molecule has 2 aromatic rings. The minimum absolute atomic E-state index is 0.00485. The Kier molecular flexibility index (Phi) is 7.80. The molecule has 4 rings (SSSR count). The lowest BCUT2D eigenvalue weighted by atomic mass is 9.79. The summed E-state index contributed by atoms with van der Waals surface area (Å²) < 4.78 is 5.74. The third kappa shape index (κ3) is 5.92. The zero-order valence-corrected chi connectivity index (χ0v) is 20.6. The Labute approximate surface area is 204 Å². The molecule has 0 radical (unpaired) electrons. The number of benzene rings is 1. The van der Waals surface area contributed by atoms with E-state index in [2.05, 4.69) is 29.4 Å². The number of carbonyl (C=O) groups is 3. The van der Waals surface area contributed by atoms with E-state index in [4.69, 9.17) is 4.74 Å². The van der Waals surface area contributed by atoms with Gasteiger partial charge < -0.3 is 20.3 Å². The monoisotopic (exact) mass is 483 g/mol. The van der Waals surface area contributed by atoms with Gasteiger partial charge in [0.2, 0.25) is 5.91 Å². The maximum Gasteiger partial charge on any atom is 0.252 e. The van der Waals surface area contributed by atoms with Gasteiger partial charge in [-0.15, -0.1) is 0 Å². The first-order valence-electron chi connectivity index (χ1n) is 11.9. The molecule has 2 aliphatic rings. The molecule has 2 N–H and O–H groups in total. The number of hydrogen-bond acceptors (Lipinski definition) is 6. The zero-order chi connectivity index (χ0) is 24.1. The van der Waals surface area contributed by atoms with Gasteiger partial charge in [0.25, 0.3) is 5.91 Å². The van der Waals surface area contributed by atoms with Crippen LogP contribution in [-0.2, 0) is 19.7 Å². The Balaban J connectivity index is 1.50. The third-order valence-corrected chi connectivity index (χ3v) is 7.45. The standard InChI is InChI=1S/C26H33N3O4S/c1-26(2,19-8-4-3-5-9-19)14-20(27-24(31)18-10-13-34-17-18)25(32)28-23-21(30)16-33-22(23)15-29-11-6-7-12-29/h3-5,8-10,13,17,20,22-23H,6-7,11-12,14-16H2,1-2H3,(H,27,31)(H,28,32). The van der Waals surface area contributed by atoms with Crippen molar-refractivity contribution in [2.45, 2.75) is 56.7 Å². The molecule has 2 amide bonds. The van der Waals surface area contributed by atoms with Crippen LogP contribution in [0.5, 0.6) is 0 Å².